The lowest BCUT2D eigenvalue weighted by atomic mass is 9.68. The van der Waals surface area contributed by atoms with E-state index in [9.17, 15) is 9.90 Å². The van der Waals surface area contributed by atoms with E-state index in [2.05, 4.69) is 29.4 Å². The molecule has 0 radical (unpaired) electrons. The molecule has 1 atom stereocenters. The Labute approximate surface area is 176 Å². The Morgan fingerprint density at radius 2 is 2.17 bits per heavy atom. The van der Waals surface area contributed by atoms with Crippen molar-refractivity contribution in [1.82, 2.24) is 20.4 Å². The second-order valence-electron chi connectivity index (χ2n) is 8.39. The third-order valence-electron chi connectivity index (χ3n) is 6.18. The number of rotatable bonds is 7. The number of aliphatic hydroxyl groups is 1. The SMILES string of the molecule is COCCCNC(=O)N1CCC(C(C)(C)[C@H](O)c2cc(Cl)cc3cn[nH]c23)CC1. The Balaban J connectivity index is 1.63. The van der Waals surface area contributed by atoms with Crippen molar-refractivity contribution in [1.29, 1.82) is 0 Å². The second kappa shape index (κ2) is 9.32. The molecule has 2 amide bonds. The number of H-pyrrole nitrogens is 1. The average molecular weight is 423 g/mol. The van der Waals surface area contributed by atoms with Gasteiger partial charge in [0.05, 0.1) is 17.8 Å². The summed E-state index contributed by atoms with van der Waals surface area (Å²) in [5, 5.41) is 22.8. The molecule has 2 heterocycles. The summed E-state index contributed by atoms with van der Waals surface area (Å²) in [4.78, 5) is 14.2. The molecule has 0 aliphatic carbocycles. The van der Waals surface area contributed by atoms with Gasteiger partial charge in [-0.15, -0.1) is 0 Å². The van der Waals surface area contributed by atoms with Gasteiger partial charge < -0.3 is 20.1 Å². The summed E-state index contributed by atoms with van der Waals surface area (Å²) in [7, 11) is 1.66. The Bertz CT molecular complexity index is 830. The fourth-order valence-electron chi connectivity index (χ4n) is 4.24. The Kier molecular flexibility index (Phi) is 7.03. The minimum atomic E-state index is -0.691. The van der Waals surface area contributed by atoms with Crippen molar-refractivity contribution in [3.63, 3.8) is 0 Å². The van der Waals surface area contributed by atoms with Gasteiger partial charge in [0.25, 0.3) is 0 Å². The summed E-state index contributed by atoms with van der Waals surface area (Å²) in [6.45, 7) is 6.81. The van der Waals surface area contributed by atoms with Crippen LogP contribution in [-0.4, -0.2) is 59.6 Å². The van der Waals surface area contributed by atoms with Crippen LogP contribution in [0.1, 0.15) is 44.8 Å². The summed E-state index contributed by atoms with van der Waals surface area (Å²) in [5.74, 6) is 0.284. The molecule has 1 aromatic heterocycles. The van der Waals surface area contributed by atoms with Crippen LogP contribution in [-0.2, 0) is 4.74 Å². The molecule has 1 saturated heterocycles. The van der Waals surface area contributed by atoms with E-state index in [0.717, 1.165) is 35.7 Å². The van der Waals surface area contributed by atoms with Crippen molar-refractivity contribution in [2.45, 2.75) is 39.2 Å². The number of nitrogens with one attached hydrogen (secondary N) is 2. The minimum absolute atomic E-state index is 0.0214. The van der Waals surface area contributed by atoms with Crippen molar-refractivity contribution < 1.29 is 14.6 Å². The van der Waals surface area contributed by atoms with Crippen LogP contribution >= 0.6 is 11.6 Å². The van der Waals surface area contributed by atoms with E-state index in [-0.39, 0.29) is 17.4 Å². The number of likely N-dealkylation sites (tertiary alicyclic amines) is 1. The highest BCUT2D eigenvalue weighted by Crippen LogP contribution is 2.46. The number of nitrogens with zero attached hydrogens (tertiary/aromatic N) is 2. The second-order valence-corrected chi connectivity index (χ2v) is 8.83. The third kappa shape index (κ3) is 4.85. The van der Waals surface area contributed by atoms with Crippen molar-refractivity contribution >= 4 is 28.5 Å². The van der Waals surface area contributed by atoms with Gasteiger partial charge in [-0.2, -0.15) is 5.10 Å². The van der Waals surface area contributed by atoms with Crippen LogP contribution in [0.4, 0.5) is 4.79 Å². The first kappa shape index (κ1) is 21.9. The number of carbonyl (C=O) groups excluding carboxylic acids is 1. The first-order chi connectivity index (χ1) is 13.8. The molecule has 0 unspecified atom stereocenters. The summed E-state index contributed by atoms with van der Waals surface area (Å²) < 4.78 is 5.01. The standard InChI is InChI=1S/C21H31ClN4O3/c1-21(2,19(27)17-12-16(22)11-14-13-24-25-18(14)17)15-5-8-26(9-6-15)20(28)23-7-4-10-29-3/h11-13,15,19,27H,4-10H2,1-3H3,(H,23,28)(H,24,25)/t19-/m1/s1. The summed E-state index contributed by atoms with van der Waals surface area (Å²) in [6.07, 6.45) is 3.53. The van der Waals surface area contributed by atoms with Crippen LogP contribution in [0.15, 0.2) is 18.3 Å². The van der Waals surface area contributed by atoms with E-state index in [0.29, 0.717) is 31.3 Å². The number of carbonyl (C=O) groups is 1. The van der Waals surface area contributed by atoms with Gasteiger partial charge in [-0.25, -0.2) is 4.79 Å². The van der Waals surface area contributed by atoms with E-state index in [1.54, 1.807) is 13.3 Å². The highest BCUT2D eigenvalue weighted by atomic mass is 35.5. The van der Waals surface area contributed by atoms with Crippen LogP contribution in [0.3, 0.4) is 0 Å². The smallest absolute Gasteiger partial charge is 0.317 e. The maximum absolute atomic E-state index is 12.3. The number of hydrogen-bond acceptors (Lipinski definition) is 4. The number of methoxy groups -OCH3 is 1. The van der Waals surface area contributed by atoms with Crippen LogP contribution in [0, 0.1) is 11.3 Å². The van der Waals surface area contributed by atoms with Crippen LogP contribution in [0.2, 0.25) is 5.02 Å². The maximum Gasteiger partial charge on any atom is 0.317 e. The number of ether oxygens (including phenoxy) is 1. The molecular weight excluding hydrogens is 392 g/mol. The zero-order valence-electron chi connectivity index (χ0n) is 17.4. The molecule has 1 fully saturated rings. The van der Waals surface area contributed by atoms with Crippen molar-refractivity contribution in [2.75, 3.05) is 33.4 Å². The van der Waals surface area contributed by atoms with Crippen LogP contribution in [0.25, 0.3) is 10.9 Å². The molecular formula is C21H31ClN4O3. The summed E-state index contributed by atoms with van der Waals surface area (Å²) >= 11 is 6.26. The fourth-order valence-corrected chi connectivity index (χ4v) is 4.47. The van der Waals surface area contributed by atoms with E-state index < -0.39 is 6.10 Å². The number of urea groups is 1. The number of aromatic amines is 1. The monoisotopic (exact) mass is 422 g/mol. The van der Waals surface area contributed by atoms with Gasteiger partial charge in [0.15, 0.2) is 0 Å². The van der Waals surface area contributed by atoms with Gasteiger partial charge in [0.2, 0.25) is 0 Å². The normalized spacial score (nSPS) is 16.9. The lowest BCUT2D eigenvalue weighted by Gasteiger charge is -2.43. The van der Waals surface area contributed by atoms with E-state index >= 15 is 0 Å². The van der Waals surface area contributed by atoms with Crippen molar-refractivity contribution in [3.8, 4) is 0 Å². The first-order valence-corrected chi connectivity index (χ1v) is 10.5. The molecule has 1 aromatic carbocycles. The lowest BCUT2D eigenvalue weighted by Crippen LogP contribution is -2.47. The zero-order valence-corrected chi connectivity index (χ0v) is 18.1. The van der Waals surface area contributed by atoms with Gasteiger partial charge in [0.1, 0.15) is 0 Å². The predicted molar refractivity (Wildman–Crippen MR) is 114 cm³/mol. The Hall–Kier alpha value is -1.83. The molecule has 3 rings (SSSR count). The third-order valence-corrected chi connectivity index (χ3v) is 6.40. The van der Waals surface area contributed by atoms with E-state index in [4.69, 9.17) is 16.3 Å². The first-order valence-electron chi connectivity index (χ1n) is 10.2. The molecule has 0 bridgehead atoms. The maximum atomic E-state index is 12.3. The Morgan fingerprint density at radius 3 is 2.86 bits per heavy atom. The number of amides is 2. The number of aliphatic hydroxyl groups excluding tert-OH is 1. The number of halogens is 1. The molecule has 0 saturated carbocycles. The molecule has 8 heteroatoms. The average Bonchev–Trinajstić information content (AvgIpc) is 3.18. The van der Waals surface area contributed by atoms with Gasteiger partial charge in [-0.3, -0.25) is 5.10 Å². The zero-order chi connectivity index (χ0) is 21.0. The summed E-state index contributed by atoms with van der Waals surface area (Å²) in [6, 6.07) is 3.64. The van der Waals surface area contributed by atoms with Gasteiger partial charge in [-0.1, -0.05) is 25.4 Å². The topological polar surface area (TPSA) is 90.5 Å². The molecule has 1 aliphatic rings. The largest absolute Gasteiger partial charge is 0.388 e. The number of aromatic nitrogens is 2. The van der Waals surface area contributed by atoms with Crippen molar-refractivity contribution in [2.24, 2.45) is 11.3 Å². The molecule has 160 valence electrons. The Morgan fingerprint density at radius 1 is 1.45 bits per heavy atom. The summed E-state index contributed by atoms with van der Waals surface area (Å²) in [5.41, 5.74) is 1.22. The molecule has 3 N–H and O–H groups in total. The minimum Gasteiger partial charge on any atom is -0.388 e. The van der Waals surface area contributed by atoms with E-state index in [1.165, 1.54) is 0 Å². The quantitative estimate of drug-likeness (QED) is 0.593. The van der Waals surface area contributed by atoms with E-state index in [1.807, 2.05) is 17.0 Å². The van der Waals surface area contributed by atoms with Crippen molar-refractivity contribution in [3.05, 3.63) is 28.9 Å². The lowest BCUT2D eigenvalue weighted by molar-refractivity contribution is -0.0143. The molecule has 1 aliphatic heterocycles. The number of fused-ring (bicyclic) bond motifs is 1. The predicted octanol–water partition coefficient (Wildman–Crippen LogP) is 3.73. The molecule has 0 spiro atoms. The number of piperidine rings is 1. The highest BCUT2D eigenvalue weighted by Gasteiger charge is 2.40. The fraction of sp³-hybridized carbons (Fsp3) is 0.619. The highest BCUT2D eigenvalue weighted by molar-refractivity contribution is 6.31. The van der Waals surface area contributed by atoms with Gasteiger partial charge in [0, 0.05) is 49.3 Å². The van der Waals surface area contributed by atoms with Crippen LogP contribution < -0.4 is 5.32 Å². The number of hydrogen-bond donors (Lipinski definition) is 3. The van der Waals surface area contributed by atoms with Crippen LogP contribution in [0.5, 0.6) is 0 Å². The number of benzene rings is 1. The molecule has 2 aromatic rings. The molecule has 7 nitrogen and oxygen atoms in total. The molecule has 29 heavy (non-hydrogen) atoms. The van der Waals surface area contributed by atoms with Gasteiger partial charge in [-0.05, 0) is 42.7 Å². The van der Waals surface area contributed by atoms with Gasteiger partial charge >= 0.3 is 6.03 Å².